The van der Waals surface area contributed by atoms with Gasteiger partial charge in [-0.2, -0.15) is 5.10 Å². The fraction of sp³-hybridized carbons (Fsp3) is 0.421. The second-order valence-corrected chi connectivity index (χ2v) is 7.00. The van der Waals surface area contributed by atoms with Crippen molar-refractivity contribution in [2.24, 2.45) is 5.92 Å². The van der Waals surface area contributed by atoms with E-state index in [-0.39, 0.29) is 30.7 Å². The highest BCUT2D eigenvalue weighted by Gasteiger charge is 2.53. The monoisotopic (exact) mass is 357 g/mol. The van der Waals surface area contributed by atoms with Crippen molar-refractivity contribution < 1.29 is 18.7 Å². The van der Waals surface area contributed by atoms with E-state index in [0.717, 1.165) is 42.5 Å². The van der Waals surface area contributed by atoms with E-state index in [4.69, 9.17) is 4.74 Å². The van der Waals surface area contributed by atoms with Crippen molar-refractivity contribution in [3.8, 4) is 11.3 Å². The van der Waals surface area contributed by atoms with Crippen LogP contribution in [0.25, 0.3) is 11.3 Å². The summed E-state index contributed by atoms with van der Waals surface area (Å²) in [7, 11) is 0. The summed E-state index contributed by atoms with van der Waals surface area (Å²) in [6, 6.07) is 6.07. The largest absolute Gasteiger partial charge is 0.458 e. The minimum absolute atomic E-state index is 0.141. The molecule has 1 aromatic carbocycles. The summed E-state index contributed by atoms with van der Waals surface area (Å²) in [5.41, 5.74) is 1.72. The van der Waals surface area contributed by atoms with E-state index in [1.165, 1.54) is 12.1 Å². The minimum Gasteiger partial charge on any atom is -0.458 e. The second kappa shape index (κ2) is 6.55. The number of hydrogen-bond acceptors (Lipinski definition) is 4. The quantitative estimate of drug-likeness (QED) is 0.824. The maximum atomic E-state index is 13.1. The highest BCUT2D eigenvalue weighted by atomic mass is 19.1. The Labute approximate surface area is 150 Å². The molecule has 0 radical (unpaired) electrons. The normalized spacial score (nSPS) is 21.1. The molecule has 1 saturated heterocycles. The molecule has 0 bridgehead atoms. The molecule has 136 valence electrons. The zero-order valence-electron chi connectivity index (χ0n) is 14.3. The number of hydrogen-bond donors (Lipinski definition) is 2. The Kier molecular flexibility index (Phi) is 4.22. The maximum Gasteiger partial charge on any atom is 0.307 e. The standard InChI is InChI=1S/C19H20FN3O3/c20-14-5-3-12(4-6-14)17-13(11-22-23-17)10-21-18(25)15-9-16(24)26-19(15)7-1-2-8-19/h3-6,11,15H,1-2,7-10H2,(H,21,25)(H,22,23). The number of esters is 1. The molecule has 6 nitrogen and oxygen atoms in total. The number of benzene rings is 1. The van der Waals surface area contributed by atoms with Gasteiger partial charge >= 0.3 is 5.97 Å². The molecular formula is C19H20FN3O3. The average Bonchev–Trinajstić information content (AvgIpc) is 3.35. The lowest BCUT2D eigenvalue weighted by molar-refractivity contribution is -0.149. The molecule has 1 aliphatic carbocycles. The van der Waals surface area contributed by atoms with Crippen LogP contribution < -0.4 is 5.32 Å². The first kappa shape index (κ1) is 16.8. The fourth-order valence-electron chi connectivity index (χ4n) is 4.06. The van der Waals surface area contributed by atoms with Crippen LogP contribution in [0.5, 0.6) is 0 Å². The highest BCUT2D eigenvalue weighted by molar-refractivity contribution is 5.88. The van der Waals surface area contributed by atoms with Gasteiger partial charge in [0.05, 0.1) is 24.2 Å². The molecule has 1 saturated carbocycles. The van der Waals surface area contributed by atoms with Crippen LogP contribution in [-0.2, 0) is 20.9 Å². The Morgan fingerprint density at radius 1 is 1.31 bits per heavy atom. The first-order chi connectivity index (χ1) is 12.6. The van der Waals surface area contributed by atoms with Crippen molar-refractivity contribution in [2.75, 3.05) is 0 Å². The molecule has 1 spiro atoms. The zero-order valence-corrected chi connectivity index (χ0v) is 14.3. The van der Waals surface area contributed by atoms with Gasteiger partial charge in [-0.1, -0.05) is 0 Å². The number of amides is 1. The Morgan fingerprint density at radius 2 is 2.04 bits per heavy atom. The summed E-state index contributed by atoms with van der Waals surface area (Å²) in [4.78, 5) is 24.5. The number of rotatable bonds is 4. The second-order valence-electron chi connectivity index (χ2n) is 7.00. The number of carbonyl (C=O) groups is 2. The molecule has 26 heavy (non-hydrogen) atoms. The molecule has 2 N–H and O–H groups in total. The van der Waals surface area contributed by atoms with Gasteiger partial charge in [0.15, 0.2) is 0 Å². The van der Waals surface area contributed by atoms with Crippen LogP contribution in [0, 0.1) is 11.7 Å². The Hall–Kier alpha value is -2.70. The number of halogens is 1. The van der Waals surface area contributed by atoms with Crippen LogP contribution >= 0.6 is 0 Å². The predicted octanol–water partition coefficient (Wildman–Crippen LogP) is 2.71. The van der Waals surface area contributed by atoms with Crippen LogP contribution in [0.2, 0.25) is 0 Å². The topological polar surface area (TPSA) is 84.1 Å². The maximum absolute atomic E-state index is 13.1. The molecule has 1 aromatic heterocycles. The van der Waals surface area contributed by atoms with Gasteiger partial charge in [0.1, 0.15) is 11.4 Å². The zero-order chi connectivity index (χ0) is 18.1. The fourth-order valence-corrected chi connectivity index (χ4v) is 4.06. The van der Waals surface area contributed by atoms with Gasteiger partial charge in [-0.15, -0.1) is 0 Å². The number of nitrogens with one attached hydrogen (secondary N) is 2. The van der Waals surface area contributed by atoms with E-state index in [9.17, 15) is 14.0 Å². The van der Waals surface area contributed by atoms with Gasteiger partial charge < -0.3 is 10.1 Å². The molecule has 4 rings (SSSR count). The summed E-state index contributed by atoms with van der Waals surface area (Å²) in [5, 5.41) is 9.83. The molecule has 1 amide bonds. The first-order valence-electron chi connectivity index (χ1n) is 8.85. The van der Waals surface area contributed by atoms with E-state index in [2.05, 4.69) is 15.5 Å². The Morgan fingerprint density at radius 3 is 2.77 bits per heavy atom. The molecule has 7 heteroatoms. The van der Waals surface area contributed by atoms with E-state index in [1.54, 1.807) is 18.3 Å². The third-order valence-electron chi connectivity index (χ3n) is 5.39. The predicted molar refractivity (Wildman–Crippen MR) is 91.2 cm³/mol. The van der Waals surface area contributed by atoms with Gasteiger partial charge in [0.2, 0.25) is 5.91 Å². The molecular weight excluding hydrogens is 337 g/mol. The molecule has 1 aliphatic heterocycles. The van der Waals surface area contributed by atoms with Gasteiger partial charge in [0.25, 0.3) is 0 Å². The lowest BCUT2D eigenvalue weighted by Crippen LogP contribution is -2.42. The van der Waals surface area contributed by atoms with Gasteiger partial charge in [-0.05, 0) is 49.9 Å². The minimum atomic E-state index is -0.614. The van der Waals surface area contributed by atoms with Crippen molar-refractivity contribution in [1.29, 1.82) is 0 Å². The van der Waals surface area contributed by atoms with Crippen LogP contribution in [0.4, 0.5) is 4.39 Å². The van der Waals surface area contributed by atoms with E-state index < -0.39 is 11.5 Å². The molecule has 2 fully saturated rings. The number of nitrogens with zero attached hydrogens (tertiary/aromatic N) is 1. The van der Waals surface area contributed by atoms with Crippen LogP contribution in [-0.4, -0.2) is 27.7 Å². The number of aromatic amines is 1. The van der Waals surface area contributed by atoms with Crippen molar-refractivity contribution in [1.82, 2.24) is 15.5 Å². The summed E-state index contributed by atoms with van der Waals surface area (Å²) in [6.45, 7) is 0.281. The first-order valence-corrected chi connectivity index (χ1v) is 8.85. The highest BCUT2D eigenvalue weighted by Crippen LogP contribution is 2.45. The van der Waals surface area contributed by atoms with E-state index in [0.29, 0.717) is 0 Å². The molecule has 1 atom stereocenters. The average molecular weight is 357 g/mol. The van der Waals surface area contributed by atoms with Crippen LogP contribution in [0.3, 0.4) is 0 Å². The van der Waals surface area contributed by atoms with Crippen molar-refractivity contribution >= 4 is 11.9 Å². The summed E-state index contributed by atoms with van der Waals surface area (Å²) in [6.07, 6.45) is 5.25. The van der Waals surface area contributed by atoms with Gasteiger partial charge in [0, 0.05) is 17.7 Å². The summed E-state index contributed by atoms with van der Waals surface area (Å²) in [5.74, 6) is -1.19. The van der Waals surface area contributed by atoms with Crippen LogP contribution in [0.1, 0.15) is 37.7 Å². The van der Waals surface area contributed by atoms with Gasteiger partial charge in [-0.25, -0.2) is 4.39 Å². The number of aromatic nitrogens is 2. The molecule has 1 unspecified atom stereocenters. The Balaban J connectivity index is 1.46. The SMILES string of the molecule is O=C1CC(C(=O)NCc2cn[nH]c2-c2ccc(F)cc2)C2(CCCC2)O1. The van der Waals surface area contributed by atoms with E-state index >= 15 is 0 Å². The van der Waals surface area contributed by atoms with Crippen LogP contribution in [0.15, 0.2) is 30.5 Å². The van der Waals surface area contributed by atoms with Crippen molar-refractivity contribution in [3.05, 3.63) is 41.8 Å². The van der Waals surface area contributed by atoms with Crippen molar-refractivity contribution in [3.63, 3.8) is 0 Å². The number of H-pyrrole nitrogens is 1. The van der Waals surface area contributed by atoms with E-state index in [1.807, 2.05) is 0 Å². The van der Waals surface area contributed by atoms with Gasteiger partial charge in [-0.3, -0.25) is 14.7 Å². The Bertz CT molecular complexity index is 825. The molecule has 2 aromatic rings. The third kappa shape index (κ3) is 2.98. The van der Waals surface area contributed by atoms with Crippen molar-refractivity contribution in [2.45, 2.75) is 44.2 Å². The summed E-state index contributed by atoms with van der Waals surface area (Å²) < 4.78 is 18.6. The third-order valence-corrected chi connectivity index (χ3v) is 5.39. The summed E-state index contributed by atoms with van der Waals surface area (Å²) >= 11 is 0. The smallest absolute Gasteiger partial charge is 0.307 e. The number of ether oxygens (including phenoxy) is 1. The lowest BCUT2D eigenvalue weighted by atomic mass is 9.85. The lowest BCUT2D eigenvalue weighted by Gasteiger charge is -2.27. The number of carbonyl (C=O) groups excluding carboxylic acids is 2. The molecule has 2 heterocycles. The molecule has 2 aliphatic rings.